The van der Waals surface area contributed by atoms with E-state index in [1.165, 1.54) is 32.1 Å². The molecule has 0 aliphatic heterocycles. The Morgan fingerprint density at radius 2 is 1.85 bits per heavy atom. The van der Waals surface area contributed by atoms with Crippen LogP contribution in [0.2, 0.25) is 0 Å². The van der Waals surface area contributed by atoms with Gasteiger partial charge >= 0.3 is 0 Å². The highest BCUT2D eigenvalue weighted by molar-refractivity contribution is 6.06. The van der Waals surface area contributed by atoms with Crippen LogP contribution in [0.5, 0.6) is 0 Å². The standard InChI is InChI=1S/C24H35N5O4/c1-24(2,3)20(23(33)26-13-18(30)21(25)31)27-22(32)19-16-11-7-8-12-17(16)29(28-19)14-15-9-5-4-6-10-15/h7-8,11-12,15,18,20,30H,4-6,9-10,13-14H2,1-3H3,(H2,25,31)(H,26,33)(H,27,32)/t18-,20?/m1/s1. The summed E-state index contributed by atoms with van der Waals surface area (Å²) in [7, 11) is 0. The number of aliphatic hydroxyl groups is 1. The Labute approximate surface area is 194 Å². The topological polar surface area (TPSA) is 139 Å². The van der Waals surface area contributed by atoms with E-state index in [4.69, 9.17) is 5.73 Å². The van der Waals surface area contributed by atoms with Crippen molar-refractivity contribution >= 4 is 28.6 Å². The number of primary amides is 1. The van der Waals surface area contributed by atoms with Gasteiger partial charge in [-0.15, -0.1) is 0 Å². The summed E-state index contributed by atoms with van der Waals surface area (Å²) in [6.45, 7) is 5.91. The number of nitrogens with zero attached hydrogens (tertiary/aromatic N) is 2. The number of fused-ring (bicyclic) bond motifs is 1. The van der Waals surface area contributed by atoms with Crippen molar-refractivity contribution in [2.75, 3.05) is 6.54 Å². The minimum Gasteiger partial charge on any atom is -0.381 e. The van der Waals surface area contributed by atoms with Crippen molar-refractivity contribution in [3.8, 4) is 0 Å². The minimum atomic E-state index is -1.50. The van der Waals surface area contributed by atoms with Crippen molar-refractivity contribution in [1.82, 2.24) is 20.4 Å². The van der Waals surface area contributed by atoms with Crippen molar-refractivity contribution in [3.05, 3.63) is 30.0 Å². The molecule has 0 saturated heterocycles. The van der Waals surface area contributed by atoms with E-state index in [-0.39, 0.29) is 12.2 Å². The number of aromatic nitrogens is 2. The zero-order valence-corrected chi connectivity index (χ0v) is 19.6. The van der Waals surface area contributed by atoms with Gasteiger partial charge in [-0.2, -0.15) is 5.10 Å². The molecule has 0 radical (unpaired) electrons. The van der Waals surface area contributed by atoms with E-state index in [0.29, 0.717) is 5.92 Å². The van der Waals surface area contributed by atoms with Crippen molar-refractivity contribution in [2.45, 2.75) is 71.6 Å². The highest BCUT2D eigenvalue weighted by atomic mass is 16.3. The van der Waals surface area contributed by atoms with Crippen LogP contribution in [0, 0.1) is 11.3 Å². The quantitative estimate of drug-likeness (QED) is 0.478. The number of carbonyl (C=O) groups is 3. The number of carbonyl (C=O) groups excluding carboxylic acids is 3. The van der Waals surface area contributed by atoms with Crippen molar-refractivity contribution in [2.24, 2.45) is 17.1 Å². The average molecular weight is 458 g/mol. The molecule has 9 nitrogen and oxygen atoms in total. The van der Waals surface area contributed by atoms with Gasteiger partial charge in [0.15, 0.2) is 5.69 Å². The first-order valence-corrected chi connectivity index (χ1v) is 11.6. The molecular formula is C24H35N5O4. The average Bonchev–Trinajstić information content (AvgIpc) is 3.14. The van der Waals surface area contributed by atoms with Crippen LogP contribution in [-0.4, -0.2) is 51.3 Å². The molecule has 1 aliphatic carbocycles. The molecule has 0 bridgehead atoms. The van der Waals surface area contributed by atoms with E-state index in [1.54, 1.807) is 0 Å². The van der Waals surface area contributed by atoms with Crippen LogP contribution in [0.25, 0.3) is 10.9 Å². The summed E-state index contributed by atoms with van der Waals surface area (Å²) in [5.74, 6) is -1.34. The largest absolute Gasteiger partial charge is 0.381 e. The summed E-state index contributed by atoms with van der Waals surface area (Å²) in [6, 6.07) is 6.71. The summed E-state index contributed by atoms with van der Waals surface area (Å²) in [5.41, 5.74) is 5.59. The van der Waals surface area contributed by atoms with Crippen molar-refractivity contribution in [1.29, 1.82) is 0 Å². The lowest BCUT2D eigenvalue weighted by atomic mass is 9.86. The van der Waals surface area contributed by atoms with Crippen LogP contribution >= 0.6 is 0 Å². The van der Waals surface area contributed by atoms with Crippen molar-refractivity contribution < 1.29 is 19.5 Å². The fourth-order valence-electron chi connectivity index (χ4n) is 4.32. The SMILES string of the molecule is CC(C)(C)C(NC(=O)c1nn(CC2CCCCC2)c2ccccc12)C(=O)NC[C@@H](O)C(N)=O. The van der Waals surface area contributed by atoms with Gasteiger partial charge in [0.1, 0.15) is 12.1 Å². The lowest BCUT2D eigenvalue weighted by Gasteiger charge is -2.30. The zero-order chi connectivity index (χ0) is 24.2. The number of para-hydroxylation sites is 1. The fraction of sp³-hybridized carbons (Fsp3) is 0.583. The first-order valence-electron chi connectivity index (χ1n) is 11.6. The third kappa shape index (κ3) is 6.10. The van der Waals surface area contributed by atoms with Gasteiger partial charge in [-0.3, -0.25) is 19.1 Å². The molecule has 2 atom stereocenters. The number of nitrogens with one attached hydrogen (secondary N) is 2. The minimum absolute atomic E-state index is 0.278. The molecule has 3 amide bonds. The van der Waals surface area contributed by atoms with E-state index < -0.39 is 35.3 Å². The van der Waals surface area contributed by atoms with Gasteiger partial charge in [0.25, 0.3) is 5.91 Å². The second-order valence-electron chi connectivity index (χ2n) is 9.99. The number of hydrogen-bond acceptors (Lipinski definition) is 5. The molecule has 33 heavy (non-hydrogen) atoms. The molecule has 1 aromatic heterocycles. The Hall–Kier alpha value is -2.94. The Balaban J connectivity index is 1.81. The Kier molecular flexibility index (Phi) is 7.73. The van der Waals surface area contributed by atoms with E-state index in [0.717, 1.165) is 17.4 Å². The number of aliphatic hydroxyl groups excluding tert-OH is 1. The third-order valence-electron chi connectivity index (χ3n) is 6.23. The maximum atomic E-state index is 13.3. The van der Waals surface area contributed by atoms with E-state index >= 15 is 0 Å². The van der Waals surface area contributed by atoms with E-state index in [1.807, 2.05) is 49.7 Å². The van der Waals surface area contributed by atoms with Crippen LogP contribution in [0.4, 0.5) is 0 Å². The monoisotopic (exact) mass is 457 g/mol. The fourth-order valence-corrected chi connectivity index (χ4v) is 4.32. The predicted molar refractivity (Wildman–Crippen MR) is 125 cm³/mol. The predicted octanol–water partition coefficient (Wildman–Crippen LogP) is 1.72. The molecule has 1 aliphatic rings. The second kappa shape index (κ2) is 10.3. The molecule has 1 unspecified atom stereocenters. The Bertz CT molecular complexity index is 1000. The number of nitrogens with two attached hydrogens (primary N) is 1. The lowest BCUT2D eigenvalue weighted by Crippen LogP contribution is -2.55. The number of benzene rings is 1. The van der Waals surface area contributed by atoms with Gasteiger partial charge in [-0.25, -0.2) is 0 Å². The first-order chi connectivity index (χ1) is 15.6. The molecule has 1 aromatic carbocycles. The summed E-state index contributed by atoms with van der Waals surface area (Å²) in [4.78, 5) is 37.1. The normalized spacial score (nSPS) is 16.8. The molecule has 180 valence electrons. The maximum absolute atomic E-state index is 13.3. The van der Waals surface area contributed by atoms with E-state index in [2.05, 4.69) is 15.7 Å². The molecule has 1 heterocycles. The van der Waals surface area contributed by atoms with Crippen LogP contribution in [0.1, 0.15) is 63.4 Å². The van der Waals surface area contributed by atoms with Gasteiger partial charge < -0.3 is 21.5 Å². The summed E-state index contributed by atoms with van der Waals surface area (Å²) in [5, 5.41) is 20.3. The zero-order valence-electron chi connectivity index (χ0n) is 19.6. The van der Waals surface area contributed by atoms with Crippen LogP contribution < -0.4 is 16.4 Å². The number of hydrogen-bond donors (Lipinski definition) is 4. The lowest BCUT2D eigenvalue weighted by molar-refractivity contribution is -0.128. The van der Waals surface area contributed by atoms with Crippen LogP contribution in [-0.2, 0) is 16.1 Å². The molecule has 5 N–H and O–H groups in total. The maximum Gasteiger partial charge on any atom is 0.273 e. The summed E-state index contributed by atoms with van der Waals surface area (Å²) in [6.07, 6.45) is 4.56. The van der Waals surface area contributed by atoms with E-state index in [9.17, 15) is 19.5 Å². The van der Waals surface area contributed by atoms with Gasteiger partial charge in [0, 0.05) is 11.9 Å². The third-order valence-corrected chi connectivity index (χ3v) is 6.23. The molecule has 3 rings (SSSR count). The number of rotatable bonds is 8. The van der Waals surface area contributed by atoms with Crippen LogP contribution in [0.15, 0.2) is 24.3 Å². The molecule has 1 fully saturated rings. The van der Waals surface area contributed by atoms with Gasteiger partial charge in [-0.05, 0) is 30.2 Å². The first kappa shape index (κ1) is 24.7. The summed E-state index contributed by atoms with van der Waals surface area (Å²) >= 11 is 0. The Morgan fingerprint density at radius 3 is 2.48 bits per heavy atom. The second-order valence-corrected chi connectivity index (χ2v) is 9.99. The van der Waals surface area contributed by atoms with Gasteiger partial charge in [-0.1, -0.05) is 58.2 Å². The highest BCUT2D eigenvalue weighted by Crippen LogP contribution is 2.27. The molecule has 1 saturated carbocycles. The smallest absolute Gasteiger partial charge is 0.273 e. The molecular weight excluding hydrogens is 422 g/mol. The highest BCUT2D eigenvalue weighted by Gasteiger charge is 2.34. The van der Waals surface area contributed by atoms with Crippen molar-refractivity contribution in [3.63, 3.8) is 0 Å². The molecule has 9 heteroatoms. The summed E-state index contributed by atoms with van der Waals surface area (Å²) < 4.78 is 1.91. The Morgan fingerprint density at radius 1 is 1.18 bits per heavy atom. The molecule has 0 spiro atoms. The van der Waals surface area contributed by atoms with Crippen LogP contribution in [0.3, 0.4) is 0 Å². The number of amides is 3. The van der Waals surface area contributed by atoms with Gasteiger partial charge in [0.2, 0.25) is 11.8 Å². The molecule has 2 aromatic rings. The van der Waals surface area contributed by atoms with Gasteiger partial charge in [0.05, 0.1) is 12.1 Å².